The fourth-order valence-electron chi connectivity index (χ4n) is 17.3. The summed E-state index contributed by atoms with van der Waals surface area (Å²) in [4.78, 5) is 42.1. The summed E-state index contributed by atoms with van der Waals surface area (Å²) in [5.74, 6) is 1.83. The van der Waals surface area contributed by atoms with Crippen LogP contribution in [0.2, 0.25) is 13.1 Å². The largest absolute Gasteiger partial charge is 0.453 e. The number of rotatable bonds is 0. The molecule has 0 bridgehead atoms. The molecule has 12 heterocycles. The van der Waals surface area contributed by atoms with Crippen LogP contribution in [0.4, 0.5) is 34.1 Å². The molecule has 0 aliphatic carbocycles. The summed E-state index contributed by atoms with van der Waals surface area (Å²) in [6.07, 6.45) is 12.8. The average Bonchev–Trinajstić information content (AvgIpc) is 1.26. The summed E-state index contributed by atoms with van der Waals surface area (Å²) in [6, 6.07) is 111. The van der Waals surface area contributed by atoms with Crippen LogP contribution in [0.1, 0.15) is 47.4 Å². The standard InChI is InChI=1S/C16H17N.C15H17NSi.4C13H10N2.C13H11NO.C13H11N/c1-16(2)12-8-4-6-10-14(12)17(3)15-11-7-5-9-13(15)16;1-16-12-8-4-6-10-14(12)17(2,3)15-11-7-5-9-13(15)16;1-9-8-10-4-2-6-14-12(10)13-11(9)5-3-7-15-13;1-9-4-5-11-7-6-10-3-2-8-14-12(10)13(11)15-9;1-9-6-8-15-13-11(9)5-4-10-3-2-7-14-12(10)13;1-9-7-11-5-4-10-3-2-6-14-12(10)13(11)15-8-9;1-14-10-6-2-4-8-12(10)15-13-9-5-3-7-11(13)14;1-14-12-8-4-2-6-10(12)11-7-3-5-9-13(11)14/h2*4-11H,1-3H3;4*2-8H,1H3;2-9H,1H3;2-9H,1H3. The third-order valence-corrected chi connectivity index (χ3v) is 27.3. The van der Waals surface area contributed by atoms with Crippen molar-refractivity contribution < 1.29 is 4.74 Å². The minimum absolute atomic E-state index is 0.0830. The molecule has 123 heavy (non-hydrogen) atoms. The maximum atomic E-state index is 5.81. The Balaban J connectivity index is 0.0000000998. The first-order valence-corrected chi connectivity index (χ1v) is 44.7. The zero-order valence-electron chi connectivity index (χ0n) is 71.4. The van der Waals surface area contributed by atoms with Gasteiger partial charge in [-0.15, -0.1) is 0 Å². The van der Waals surface area contributed by atoms with Gasteiger partial charge in [0, 0.05) is 170 Å². The van der Waals surface area contributed by atoms with Crippen LogP contribution < -0.4 is 29.8 Å². The molecule has 24 rings (SSSR count). The van der Waals surface area contributed by atoms with E-state index in [0.717, 1.165) is 105 Å². The molecule has 12 aromatic carbocycles. The first-order valence-electron chi connectivity index (χ1n) is 41.7. The number of benzene rings is 12. The van der Waals surface area contributed by atoms with Crippen molar-refractivity contribution in [2.24, 2.45) is 7.05 Å². The van der Waals surface area contributed by atoms with Crippen molar-refractivity contribution >= 4 is 162 Å². The van der Waals surface area contributed by atoms with E-state index in [0.29, 0.717) is 0 Å². The van der Waals surface area contributed by atoms with Gasteiger partial charge in [-0.3, -0.25) is 39.9 Å². The lowest BCUT2D eigenvalue weighted by atomic mass is 9.74. The number of anilines is 6. The Morgan fingerprint density at radius 1 is 0.285 bits per heavy atom. The van der Waals surface area contributed by atoms with Crippen LogP contribution in [0.25, 0.3) is 109 Å². The summed E-state index contributed by atoms with van der Waals surface area (Å²) < 4.78 is 8.05. The highest BCUT2D eigenvalue weighted by Gasteiger charge is 2.37. The minimum atomic E-state index is -1.52. The molecule has 0 saturated carbocycles. The summed E-state index contributed by atoms with van der Waals surface area (Å²) in [5.41, 5.74) is 25.7. The molecule has 0 saturated heterocycles. The van der Waals surface area contributed by atoms with Gasteiger partial charge >= 0.3 is 0 Å². The number of hydrogen-bond donors (Lipinski definition) is 0. The monoisotopic (exact) mass is 1620 g/mol. The van der Waals surface area contributed by atoms with Gasteiger partial charge in [-0.2, -0.15) is 0 Å². The van der Waals surface area contributed by atoms with Gasteiger partial charge in [0.15, 0.2) is 11.5 Å². The maximum absolute atomic E-state index is 5.81. The van der Waals surface area contributed by atoms with Crippen molar-refractivity contribution in [1.29, 1.82) is 0 Å². The van der Waals surface area contributed by atoms with Crippen LogP contribution in [0.5, 0.6) is 11.5 Å². The molecule has 0 radical (unpaired) electrons. The van der Waals surface area contributed by atoms with Crippen LogP contribution in [-0.4, -0.2) is 73.7 Å². The Morgan fingerprint density at radius 2 is 0.642 bits per heavy atom. The summed E-state index contributed by atoms with van der Waals surface area (Å²) in [5, 5.41) is 15.0. The van der Waals surface area contributed by atoms with E-state index in [1.54, 1.807) is 10.4 Å². The molecular formula is C109H96N12OSi. The van der Waals surface area contributed by atoms with Gasteiger partial charge in [-0.25, -0.2) is 0 Å². The van der Waals surface area contributed by atoms with E-state index in [4.69, 9.17) is 4.74 Å². The molecule has 0 fully saturated rings. The van der Waals surface area contributed by atoms with E-state index in [1.165, 1.54) is 83.1 Å². The van der Waals surface area contributed by atoms with E-state index in [-0.39, 0.29) is 5.41 Å². The molecule has 9 aromatic heterocycles. The number of para-hydroxylation sites is 10. The van der Waals surface area contributed by atoms with Gasteiger partial charge in [0.05, 0.1) is 55.5 Å². The molecule has 0 amide bonds. The highest BCUT2D eigenvalue weighted by Crippen LogP contribution is 2.49. The highest BCUT2D eigenvalue weighted by molar-refractivity contribution is 7.02. The Hall–Kier alpha value is -14.9. The van der Waals surface area contributed by atoms with E-state index in [1.807, 2.05) is 129 Å². The molecule has 0 unspecified atom stereocenters. The van der Waals surface area contributed by atoms with Crippen molar-refractivity contribution in [1.82, 2.24) is 44.4 Å². The normalized spacial score (nSPS) is 12.7. The van der Waals surface area contributed by atoms with E-state index >= 15 is 0 Å². The van der Waals surface area contributed by atoms with Crippen LogP contribution in [0.3, 0.4) is 0 Å². The number of nitrogens with zero attached hydrogens (tertiary/aromatic N) is 12. The molecule has 0 N–H and O–H groups in total. The number of aryl methyl sites for hydroxylation is 5. The third-order valence-electron chi connectivity index (χ3n) is 23.7. The van der Waals surface area contributed by atoms with Crippen LogP contribution >= 0.6 is 0 Å². The fraction of sp³-hybridized carbons (Fsp3) is 0.119. The van der Waals surface area contributed by atoms with Crippen LogP contribution in [0.15, 0.2) is 365 Å². The predicted molar refractivity (Wildman–Crippen MR) is 519 cm³/mol. The van der Waals surface area contributed by atoms with Gasteiger partial charge in [-0.1, -0.05) is 233 Å². The molecule has 3 aliphatic heterocycles. The Labute approximate surface area is 719 Å². The lowest BCUT2D eigenvalue weighted by molar-refractivity contribution is 0.475. The summed E-state index contributed by atoms with van der Waals surface area (Å²) in [7, 11) is 6.97. The zero-order valence-corrected chi connectivity index (χ0v) is 72.4. The number of ether oxygens (including phenoxy) is 1. The molecule has 602 valence electrons. The smallest absolute Gasteiger partial charge is 0.151 e. The number of pyridine rings is 8. The van der Waals surface area contributed by atoms with Gasteiger partial charge in [0.1, 0.15) is 8.07 Å². The second-order valence-corrected chi connectivity index (χ2v) is 36.7. The third kappa shape index (κ3) is 16.1. The Kier molecular flexibility index (Phi) is 22.8. The van der Waals surface area contributed by atoms with Gasteiger partial charge in [0.2, 0.25) is 0 Å². The second-order valence-electron chi connectivity index (χ2n) is 32.3. The summed E-state index contributed by atoms with van der Waals surface area (Å²) in [6.45, 7) is 17.7. The van der Waals surface area contributed by atoms with E-state index in [2.05, 4.69) is 378 Å². The highest BCUT2D eigenvalue weighted by atomic mass is 28.3. The van der Waals surface area contributed by atoms with Gasteiger partial charge < -0.3 is 24.0 Å². The lowest BCUT2D eigenvalue weighted by Crippen LogP contribution is -2.58. The Bertz CT molecular complexity index is 7120. The molecule has 0 atom stereocenters. The van der Waals surface area contributed by atoms with Crippen molar-refractivity contribution in [3.8, 4) is 11.5 Å². The van der Waals surface area contributed by atoms with Crippen molar-refractivity contribution in [3.63, 3.8) is 0 Å². The molecule has 0 spiro atoms. The molecule has 14 heteroatoms. The number of fused-ring (bicyclic) bond motifs is 21. The van der Waals surface area contributed by atoms with Crippen molar-refractivity contribution in [2.75, 3.05) is 35.8 Å². The molecule has 3 aliphatic rings. The number of aromatic nitrogens is 9. The number of hydrogen-bond acceptors (Lipinski definition) is 12. The van der Waals surface area contributed by atoms with Gasteiger partial charge in [-0.05, 0) is 181 Å². The van der Waals surface area contributed by atoms with Crippen molar-refractivity contribution in [2.45, 2.75) is 60.1 Å². The predicted octanol–water partition coefficient (Wildman–Crippen LogP) is 25.9. The average molecular weight is 1620 g/mol. The van der Waals surface area contributed by atoms with Crippen LogP contribution in [-0.2, 0) is 12.5 Å². The zero-order chi connectivity index (χ0) is 84.9. The maximum Gasteiger partial charge on any atom is 0.151 e. The Morgan fingerprint density at radius 3 is 1.20 bits per heavy atom. The van der Waals surface area contributed by atoms with Gasteiger partial charge in [0.25, 0.3) is 0 Å². The van der Waals surface area contributed by atoms with Crippen LogP contribution in [0, 0.1) is 27.7 Å². The molecule has 13 nitrogen and oxygen atoms in total. The second kappa shape index (κ2) is 34.8. The molecule has 21 aromatic rings. The SMILES string of the molecule is CN1c2ccccc2C(C)(C)c2ccccc21.CN1c2ccccc2Oc2ccccc21.CN1c2ccccc2[Si](C)(C)c2ccccc21.Cc1cc2cccnc2c2ncccc12.Cc1ccc2ccc3cccnc3c2n1.Cc1ccnc2c1ccc1cccnc12.Cc1cnc2c(ccc3cccnc32)c1.Cn1c2ccccc2c2ccccc21. The first-order chi connectivity index (χ1) is 59.9. The topological polar surface area (TPSA) is 127 Å². The van der Waals surface area contributed by atoms with E-state index < -0.39 is 8.07 Å². The first kappa shape index (κ1) is 80.5. The molecular weight excluding hydrogens is 1520 g/mol. The fourth-order valence-corrected chi connectivity index (χ4v) is 20.3. The summed E-state index contributed by atoms with van der Waals surface area (Å²) >= 11 is 0. The quantitative estimate of drug-likeness (QED) is 0.106. The lowest BCUT2D eigenvalue weighted by Gasteiger charge is -2.40. The van der Waals surface area contributed by atoms with E-state index in [9.17, 15) is 0 Å². The van der Waals surface area contributed by atoms with Crippen molar-refractivity contribution in [3.05, 3.63) is 398 Å². The minimum Gasteiger partial charge on any atom is -0.453 e.